The number of halogens is 4. The molecule has 0 aromatic carbocycles. The van der Waals surface area contributed by atoms with Gasteiger partial charge in [-0.25, -0.2) is 37.3 Å². The van der Waals surface area contributed by atoms with Crippen molar-refractivity contribution in [1.29, 1.82) is 0 Å². The number of hydrogen-bond acceptors (Lipinski definition) is 22. The van der Waals surface area contributed by atoms with E-state index in [-0.39, 0.29) is 43.9 Å². The summed E-state index contributed by atoms with van der Waals surface area (Å²) in [6, 6.07) is 52.3. The molecule has 10 aromatic heterocycles. The molecule has 0 bridgehead atoms. The van der Waals surface area contributed by atoms with Gasteiger partial charge in [-0.05, 0) is 121 Å². The molecule has 10 rings (SSSR count). The van der Waals surface area contributed by atoms with Crippen LogP contribution in [0, 0.1) is 20.5 Å². The van der Waals surface area contributed by atoms with Gasteiger partial charge in [0, 0.05) is 49.6 Å². The van der Waals surface area contributed by atoms with Gasteiger partial charge in [-0.3, -0.25) is 39.9 Å². The molecule has 0 aliphatic rings. The van der Waals surface area contributed by atoms with Crippen LogP contribution in [-0.2, 0) is 34.1 Å². The SMILES string of the molecule is O=C([O-])c1ccc(Cl)s1.O=C([O-])c1ccc(Cl)s1.[Cu+2].[Cu+2].[O-][Cl+3]([O-])([O-])[O-].[O-][Cl+3]([O-])([O-])[O-].c1ccc(-c2ccccn2)nc1.c1ccc(-c2ccccn2)nc1.c1ccc(-c2ccccn2)nc1.c1ccc(-c2ccccn2)nc1. The first kappa shape index (κ1) is 69.4. The average Bonchev–Trinajstić information content (AvgIpc) is 4.09. The Hall–Kier alpha value is -6.58. The Kier molecular flexibility index (Phi) is 34.6. The molecule has 0 N–H and O–H groups in total. The quantitative estimate of drug-likeness (QED) is 0.206. The number of thiophene rings is 2. The number of nitrogens with zero attached hydrogens (tertiary/aromatic N) is 8. The maximum atomic E-state index is 10.1. The van der Waals surface area contributed by atoms with Crippen molar-refractivity contribution in [1.82, 2.24) is 39.9 Å². The molecule has 0 aliphatic carbocycles. The molecule has 10 aromatic rings. The molecule has 0 atom stereocenters. The third-order valence-corrected chi connectivity index (χ3v) is 10.3. The topological polar surface area (TPSA) is 368 Å². The minimum absolute atomic E-state index is 0. The van der Waals surface area contributed by atoms with Crippen molar-refractivity contribution in [2.45, 2.75) is 0 Å². The number of carbonyl (C=O) groups excluding carboxylic acids is 2. The summed E-state index contributed by atoms with van der Waals surface area (Å²) in [5, 5.41) is 20.1. The molecule has 0 fully saturated rings. The number of carbonyl (C=O) groups is 2. The van der Waals surface area contributed by atoms with E-state index in [1.165, 1.54) is 24.3 Å². The first-order valence-corrected chi connectivity index (χ1v) is 25.6. The normalized spacial score (nSPS) is 9.67. The van der Waals surface area contributed by atoms with Gasteiger partial charge in [-0.1, -0.05) is 71.7 Å². The van der Waals surface area contributed by atoms with Gasteiger partial charge in [-0.2, -0.15) is 0 Å². The minimum atomic E-state index is -4.94. The smallest absolute Gasteiger partial charge is 0.544 e. The van der Waals surface area contributed by atoms with Gasteiger partial charge in [-0.15, -0.1) is 43.2 Å². The predicted molar refractivity (Wildman–Crippen MR) is 257 cm³/mol. The molecule has 0 saturated carbocycles. The van der Waals surface area contributed by atoms with Gasteiger partial charge in [0.05, 0.1) is 75.9 Å². The second-order valence-corrected chi connectivity index (χ2v) is 18.2. The van der Waals surface area contributed by atoms with Gasteiger partial charge < -0.3 is 19.8 Å². The van der Waals surface area contributed by atoms with E-state index in [9.17, 15) is 19.8 Å². The van der Waals surface area contributed by atoms with E-state index >= 15 is 0 Å². The molecule has 2 radical (unpaired) electrons. The number of carboxylic acids is 2. The Morgan fingerprint density at radius 3 is 0.538 bits per heavy atom. The first-order valence-electron chi connectivity index (χ1n) is 20.7. The van der Waals surface area contributed by atoms with E-state index in [2.05, 4.69) is 39.9 Å². The Morgan fingerprint density at radius 2 is 0.462 bits per heavy atom. The zero-order valence-electron chi connectivity index (χ0n) is 39.2. The van der Waals surface area contributed by atoms with E-state index in [4.69, 9.17) is 60.5 Å². The molecule has 10 heterocycles. The molecular formula is C50H36Cl4Cu2N8O12S2. The molecule has 0 saturated heterocycles. The van der Waals surface area contributed by atoms with Crippen molar-refractivity contribution in [2.24, 2.45) is 0 Å². The fourth-order valence-electron chi connectivity index (χ4n) is 4.96. The van der Waals surface area contributed by atoms with Crippen molar-refractivity contribution in [2.75, 3.05) is 0 Å². The van der Waals surface area contributed by atoms with Crippen LogP contribution in [-0.4, -0.2) is 51.8 Å². The van der Waals surface area contributed by atoms with Gasteiger partial charge >= 0.3 is 34.1 Å². The maximum absolute atomic E-state index is 10.1. The second-order valence-electron chi connectivity index (χ2n) is 13.3. The van der Waals surface area contributed by atoms with E-state index in [0.29, 0.717) is 8.67 Å². The van der Waals surface area contributed by atoms with Gasteiger partial charge in [0.15, 0.2) is 0 Å². The number of aromatic carboxylic acids is 2. The number of rotatable bonds is 6. The first-order chi connectivity index (χ1) is 36.3. The molecule has 0 spiro atoms. The average molecular weight is 1270 g/mol. The number of aromatic nitrogens is 8. The number of carboxylic acid groups (broad SMARTS) is 2. The van der Waals surface area contributed by atoms with E-state index in [1.807, 2.05) is 146 Å². The van der Waals surface area contributed by atoms with Gasteiger partial charge in [0.1, 0.15) is 0 Å². The van der Waals surface area contributed by atoms with Crippen LogP contribution in [0.1, 0.15) is 19.3 Å². The van der Waals surface area contributed by atoms with Gasteiger partial charge in [0.2, 0.25) is 0 Å². The Balaban J connectivity index is 0.000000452. The van der Waals surface area contributed by atoms with Crippen molar-refractivity contribution < 1.29 is 112 Å². The summed E-state index contributed by atoms with van der Waals surface area (Å²) in [5.74, 6) is -2.35. The van der Waals surface area contributed by atoms with Crippen molar-refractivity contribution in [3.63, 3.8) is 0 Å². The summed E-state index contributed by atoms with van der Waals surface area (Å²) < 4.78 is 68.9. The monoisotopic (exact) mass is 1270 g/mol. The summed E-state index contributed by atoms with van der Waals surface area (Å²) in [5.41, 5.74) is 7.32. The Labute approximate surface area is 489 Å². The van der Waals surface area contributed by atoms with Crippen LogP contribution in [0.25, 0.3) is 45.6 Å². The minimum Gasteiger partial charge on any atom is -0.544 e. The van der Waals surface area contributed by atoms with Crippen LogP contribution in [0.2, 0.25) is 8.67 Å². The summed E-state index contributed by atoms with van der Waals surface area (Å²) in [4.78, 5) is 53.9. The van der Waals surface area contributed by atoms with Crippen LogP contribution in [0.3, 0.4) is 0 Å². The largest absolute Gasteiger partial charge is 2.00 e. The van der Waals surface area contributed by atoms with Crippen LogP contribution < -0.4 is 47.5 Å². The fourth-order valence-corrected chi connectivity index (χ4v) is 6.72. The van der Waals surface area contributed by atoms with Crippen LogP contribution in [0.5, 0.6) is 0 Å². The van der Waals surface area contributed by atoms with Crippen molar-refractivity contribution in [3.8, 4) is 45.6 Å². The zero-order valence-corrected chi connectivity index (χ0v) is 45.7. The van der Waals surface area contributed by atoms with E-state index < -0.39 is 32.4 Å². The summed E-state index contributed by atoms with van der Waals surface area (Å²) in [6.07, 6.45) is 14.1. The summed E-state index contributed by atoms with van der Waals surface area (Å²) >= 11 is 12.9. The number of hydrogen-bond donors (Lipinski definition) is 0. The van der Waals surface area contributed by atoms with Crippen molar-refractivity contribution >= 4 is 57.8 Å². The second kappa shape index (κ2) is 38.9. The van der Waals surface area contributed by atoms with E-state index in [1.54, 1.807) is 49.6 Å². The van der Waals surface area contributed by atoms with Crippen LogP contribution >= 0.6 is 45.9 Å². The predicted octanol–water partition coefficient (Wildman–Crippen LogP) is 0.587. The maximum Gasteiger partial charge on any atom is 2.00 e. The van der Waals surface area contributed by atoms with E-state index in [0.717, 1.165) is 68.2 Å². The molecule has 20 nitrogen and oxygen atoms in total. The summed E-state index contributed by atoms with van der Waals surface area (Å²) in [6.45, 7) is 0. The Bertz CT molecular complexity index is 2600. The molecule has 410 valence electrons. The van der Waals surface area contributed by atoms with Crippen LogP contribution in [0.15, 0.2) is 219 Å². The van der Waals surface area contributed by atoms with Crippen LogP contribution in [0.4, 0.5) is 0 Å². The number of pyridine rings is 8. The molecule has 78 heavy (non-hydrogen) atoms. The third-order valence-electron chi connectivity index (χ3n) is 7.92. The molecule has 0 amide bonds. The Morgan fingerprint density at radius 1 is 0.308 bits per heavy atom. The van der Waals surface area contributed by atoms with Gasteiger partial charge in [0.25, 0.3) is 0 Å². The fraction of sp³-hybridized carbons (Fsp3) is 0. The van der Waals surface area contributed by atoms with Crippen molar-refractivity contribution in [3.05, 3.63) is 238 Å². The molecule has 28 heteroatoms. The standard InChI is InChI=1S/4C10H8N2.2C5H3ClO2S.2ClHO4.2Cu/c4*1-3-7-11-9(5-1)10-6-2-4-8-12-10;2*6-4-2-1-3(9-4)5(7)8;2*2-1(3,4)5;;/h4*1-8H;2*1-2H,(H,7,8);2*(H,2,3,4,5);;/q;;;;;;;;2*+2/p-4. The summed E-state index contributed by atoms with van der Waals surface area (Å²) in [7, 11) is -9.89. The third kappa shape index (κ3) is 32.9. The zero-order chi connectivity index (χ0) is 55.6. The molecule has 0 unspecified atom stereocenters. The molecular weight excluding hydrogens is 1240 g/mol. The molecule has 0 aliphatic heterocycles.